The molecular formula is C25H29N3O3S2. The summed E-state index contributed by atoms with van der Waals surface area (Å²) in [4.78, 5) is 32.7. The first kappa shape index (κ1) is 23.6. The number of ether oxygens (including phenoxy) is 1. The summed E-state index contributed by atoms with van der Waals surface area (Å²) < 4.78 is 6.82. The van der Waals surface area contributed by atoms with Gasteiger partial charge in [-0.3, -0.25) is 14.2 Å². The van der Waals surface area contributed by atoms with Crippen LogP contribution in [0.1, 0.15) is 29.3 Å². The highest BCUT2D eigenvalue weighted by Crippen LogP contribution is 2.36. The Labute approximate surface area is 202 Å². The summed E-state index contributed by atoms with van der Waals surface area (Å²) in [6.45, 7) is 6.98. The number of thiophene rings is 1. The van der Waals surface area contributed by atoms with Crippen molar-refractivity contribution < 1.29 is 9.53 Å². The van der Waals surface area contributed by atoms with Crippen molar-refractivity contribution in [2.75, 3.05) is 19.4 Å². The molecule has 0 spiro atoms. The number of methoxy groups -OCH3 is 1. The van der Waals surface area contributed by atoms with Crippen LogP contribution >= 0.6 is 23.1 Å². The maximum atomic E-state index is 13.3. The molecule has 0 saturated carbocycles. The van der Waals surface area contributed by atoms with Gasteiger partial charge in [0.05, 0.1) is 18.2 Å². The molecule has 1 aliphatic rings. The van der Waals surface area contributed by atoms with E-state index in [1.807, 2.05) is 24.3 Å². The van der Waals surface area contributed by atoms with Crippen LogP contribution < -0.4 is 15.6 Å². The third-order valence-corrected chi connectivity index (χ3v) is 8.04. The standard InChI is InChI=1S/C25H29N3O3S2/c1-4-13-28-24(30)22-19-10-5-16(2)14-20(19)33-23(22)27-25(28)32-15-21(29)26-12-11-17-6-8-18(31-3)9-7-17/h4,6-9,16H,1,5,10-15H2,2-3H3,(H,26,29)/t16-/m1/s1. The van der Waals surface area contributed by atoms with E-state index < -0.39 is 0 Å². The van der Waals surface area contributed by atoms with E-state index in [0.717, 1.165) is 47.2 Å². The summed E-state index contributed by atoms with van der Waals surface area (Å²) in [6, 6.07) is 7.82. The predicted octanol–water partition coefficient (Wildman–Crippen LogP) is 4.23. The number of fused-ring (bicyclic) bond motifs is 3. The van der Waals surface area contributed by atoms with Gasteiger partial charge in [-0.15, -0.1) is 17.9 Å². The molecule has 0 saturated heterocycles. The number of nitrogens with zero attached hydrogens (tertiary/aromatic N) is 2. The van der Waals surface area contributed by atoms with Crippen LogP contribution in [0.5, 0.6) is 5.75 Å². The summed E-state index contributed by atoms with van der Waals surface area (Å²) in [5.74, 6) is 1.58. The molecule has 3 aromatic rings. The van der Waals surface area contributed by atoms with Crippen LogP contribution in [0.2, 0.25) is 0 Å². The van der Waals surface area contributed by atoms with E-state index in [1.54, 1.807) is 29.1 Å². The van der Waals surface area contributed by atoms with Crippen molar-refractivity contribution in [2.24, 2.45) is 5.92 Å². The van der Waals surface area contributed by atoms with Crippen LogP contribution in [0.3, 0.4) is 0 Å². The minimum Gasteiger partial charge on any atom is -0.497 e. The third kappa shape index (κ3) is 5.33. The predicted molar refractivity (Wildman–Crippen MR) is 136 cm³/mol. The molecule has 4 rings (SSSR count). The monoisotopic (exact) mass is 483 g/mol. The van der Waals surface area contributed by atoms with Crippen molar-refractivity contribution in [3.63, 3.8) is 0 Å². The Kier molecular flexibility index (Phi) is 7.55. The maximum Gasteiger partial charge on any atom is 0.263 e. The van der Waals surface area contributed by atoms with Crippen LogP contribution in [0.25, 0.3) is 10.2 Å². The topological polar surface area (TPSA) is 73.2 Å². The van der Waals surface area contributed by atoms with E-state index in [-0.39, 0.29) is 17.2 Å². The second-order valence-electron chi connectivity index (χ2n) is 8.37. The second-order valence-corrected chi connectivity index (χ2v) is 10.4. The first-order valence-electron chi connectivity index (χ1n) is 11.2. The van der Waals surface area contributed by atoms with Crippen molar-refractivity contribution in [1.29, 1.82) is 0 Å². The van der Waals surface area contributed by atoms with Crippen molar-refractivity contribution in [3.05, 3.63) is 63.3 Å². The molecule has 6 nitrogen and oxygen atoms in total. The number of aryl methyl sites for hydroxylation is 1. The Bertz CT molecular complexity index is 1210. The van der Waals surface area contributed by atoms with Crippen LogP contribution in [0.4, 0.5) is 0 Å². The van der Waals surface area contributed by atoms with Gasteiger partial charge < -0.3 is 10.1 Å². The molecular weight excluding hydrogens is 454 g/mol. The molecule has 0 radical (unpaired) electrons. The van der Waals surface area contributed by atoms with E-state index in [0.29, 0.717) is 24.2 Å². The Hall–Kier alpha value is -2.58. The zero-order valence-electron chi connectivity index (χ0n) is 19.1. The highest BCUT2D eigenvalue weighted by atomic mass is 32.2. The van der Waals surface area contributed by atoms with Gasteiger partial charge in [-0.1, -0.05) is 36.9 Å². The third-order valence-electron chi connectivity index (χ3n) is 5.92. The lowest BCUT2D eigenvalue weighted by molar-refractivity contribution is -0.118. The molecule has 33 heavy (non-hydrogen) atoms. The number of aromatic nitrogens is 2. The lowest BCUT2D eigenvalue weighted by Crippen LogP contribution is -2.28. The lowest BCUT2D eigenvalue weighted by Gasteiger charge is -2.17. The normalized spacial score (nSPS) is 15.3. The van der Waals surface area contributed by atoms with Crippen molar-refractivity contribution >= 4 is 39.2 Å². The molecule has 2 heterocycles. The largest absolute Gasteiger partial charge is 0.497 e. The van der Waals surface area contributed by atoms with Gasteiger partial charge in [-0.25, -0.2) is 4.98 Å². The molecule has 0 fully saturated rings. The average molecular weight is 484 g/mol. The van der Waals surface area contributed by atoms with Crippen LogP contribution in [0.15, 0.2) is 46.9 Å². The van der Waals surface area contributed by atoms with E-state index in [9.17, 15) is 9.59 Å². The van der Waals surface area contributed by atoms with Crippen molar-refractivity contribution in [1.82, 2.24) is 14.9 Å². The fraction of sp³-hybridized carbons (Fsp3) is 0.400. The first-order chi connectivity index (χ1) is 16.0. The molecule has 1 atom stereocenters. The number of amides is 1. The van der Waals surface area contributed by atoms with E-state index in [1.165, 1.54) is 22.2 Å². The van der Waals surface area contributed by atoms with Gasteiger partial charge in [-0.05, 0) is 54.9 Å². The van der Waals surface area contributed by atoms with Gasteiger partial charge in [0.1, 0.15) is 10.6 Å². The summed E-state index contributed by atoms with van der Waals surface area (Å²) in [5.41, 5.74) is 2.29. The first-order valence-corrected chi connectivity index (χ1v) is 13.0. The lowest BCUT2D eigenvalue weighted by atomic mass is 9.89. The summed E-state index contributed by atoms with van der Waals surface area (Å²) >= 11 is 2.94. The maximum absolute atomic E-state index is 13.3. The number of carbonyl (C=O) groups is 1. The molecule has 1 N–H and O–H groups in total. The fourth-order valence-electron chi connectivity index (χ4n) is 4.12. The van der Waals surface area contributed by atoms with Crippen molar-refractivity contribution in [3.8, 4) is 5.75 Å². The number of rotatable bonds is 9. The molecule has 1 amide bonds. The smallest absolute Gasteiger partial charge is 0.263 e. The van der Waals surface area contributed by atoms with Crippen LogP contribution in [-0.4, -0.2) is 34.9 Å². The van der Waals surface area contributed by atoms with Crippen LogP contribution in [-0.2, 0) is 30.6 Å². The van der Waals surface area contributed by atoms with Gasteiger partial charge in [0, 0.05) is 18.0 Å². The van der Waals surface area contributed by atoms with Crippen LogP contribution in [0, 0.1) is 5.92 Å². The summed E-state index contributed by atoms with van der Waals surface area (Å²) in [6.07, 6.45) is 5.49. The van der Waals surface area contributed by atoms with E-state index in [4.69, 9.17) is 9.72 Å². The summed E-state index contributed by atoms with van der Waals surface area (Å²) in [7, 11) is 1.64. The number of hydrogen-bond donors (Lipinski definition) is 1. The van der Waals surface area contributed by atoms with E-state index in [2.05, 4.69) is 18.8 Å². The Morgan fingerprint density at radius 1 is 1.39 bits per heavy atom. The highest BCUT2D eigenvalue weighted by molar-refractivity contribution is 7.99. The van der Waals surface area contributed by atoms with Crippen molar-refractivity contribution in [2.45, 2.75) is 44.3 Å². The molecule has 0 unspecified atom stereocenters. The van der Waals surface area contributed by atoms with Gasteiger partial charge in [-0.2, -0.15) is 0 Å². The Morgan fingerprint density at radius 3 is 2.91 bits per heavy atom. The molecule has 0 aliphatic heterocycles. The Morgan fingerprint density at radius 2 is 2.18 bits per heavy atom. The number of carbonyl (C=O) groups excluding carboxylic acids is 1. The number of thioether (sulfide) groups is 1. The fourth-order valence-corrected chi connectivity index (χ4v) is 6.39. The molecule has 1 aliphatic carbocycles. The van der Waals surface area contributed by atoms with Gasteiger partial charge in [0.2, 0.25) is 5.91 Å². The number of nitrogens with one attached hydrogen (secondary N) is 1. The van der Waals surface area contributed by atoms with Gasteiger partial charge >= 0.3 is 0 Å². The van der Waals surface area contributed by atoms with E-state index >= 15 is 0 Å². The SMILES string of the molecule is C=CCn1c(SCC(=O)NCCc2ccc(OC)cc2)nc2sc3c(c2c1=O)CC[C@@H](C)C3. The highest BCUT2D eigenvalue weighted by Gasteiger charge is 2.24. The number of hydrogen-bond acceptors (Lipinski definition) is 6. The minimum atomic E-state index is -0.0766. The summed E-state index contributed by atoms with van der Waals surface area (Å²) in [5, 5.41) is 4.29. The Balaban J connectivity index is 1.43. The molecule has 8 heteroatoms. The molecule has 0 bridgehead atoms. The van der Waals surface area contributed by atoms with Gasteiger partial charge in [0.15, 0.2) is 5.16 Å². The average Bonchev–Trinajstić information content (AvgIpc) is 3.17. The zero-order chi connectivity index (χ0) is 23.4. The molecule has 174 valence electrons. The van der Waals surface area contributed by atoms with Gasteiger partial charge in [0.25, 0.3) is 5.56 Å². The molecule has 2 aromatic heterocycles. The number of allylic oxidation sites excluding steroid dienone is 1. The zero-order valence-corrected chi connectivity index (χ0v) is 20.7. The minimum absolute atomic E-state index is 0.0191. The quantitative estimate of drug-likeness (QED) is 0.280. The molecule has 1 aromatic carbocycles. The second kappa shape index (κ2) is 10.6. The number of benzene rings is 1.